The molecule has 0 radical (unpaired) electrons. The van der Waals surface area contributed by atoms with Crippen LogP contribution in [0.4, 0.5) is 0 Å². The van der Waals surface area contributed by atoms with Gasteiger partial charge in [-0.1, -0.05) is 18.2 Å². The normalized spacial score (nSPS) is 11.8. The first-order valence-electron chi connectivity index (χ1n) is 10.0. The summed E-state index contributed by atoms with van der Waals surface area (Å²) < 4.78 is 13.5. The van der Waals surface area contributed by atoms with E-state index in [0.717, 1.165) is 11.3 Å². The van der Waals surface area contributed by atoms with E-state index in [2.05, 4.69) is 15.4 Å². The minimum absolute atomic E-state index is 0.172. The van der Waals surface area contributed by atoms with Crippen molar-refractivity contribution < 1.29 is 14.3 Å². The Balaban J connectivity index is 1.54. The third-order valence-electron chi connectivity index (χ3n) is 5.15. The maximum Gasteiger partial charge on any atom is 0.264 e. The largest absolute Gasteiger partial charge is 0.497 e. The van der Waals surface area contributed by atoms with Crippen LogP contribution >= 0.6 is 0 Å². The van der Waals surface area contributed by atoms with E-state index in [9.17, 15) is 9.59 Å². The molecule has 0 fully saturated rings. The predicted molar refractivity (Wildman–Crippen MR) is 119 cm³/mol. The van der Waals surface area contributed by atoms with E-state index in [4.69, 9.17) is 9.47 Å². The monoisotopic (exact) mass is 433 g/mol. The van der Waals surface area contributed by atoms with Crippen LogP contribution in [0.5, 0.6) is 11.5 Å². The van der Waals surface area contributed by atoms with Crippen LogP contribution in [-0.2, 0) is 11.3 Å². The third kappa shape index (κ3) is 4.04. The van der Waals surface area contributed by atoms with Gasteiger partial charge in [0.05, 0.1) is 32.1 Å². The van der Waals surface area contributed by atoms with Crippen LogP contribution in [0.15, 0.2) is 65.8 Å². The number of benzene rings is 2. The van der Waals surface area contributed by atoms with Gasteiger partial charge in [0.2, 0.25) is 5.91 Å². The molecule has 4 aromatic rings. The summed E-state index contributed by atoms with van der Waals surface area (Å²) in [6.45, 7) is 1.66. The van der Waals surface area contributed by atoms with E-state index in [-0.39, 0.29) is 24.1 Å². The van der Waals surface area contributed by atoms with Gasteiger partial charge >= 0.3 is 0 Å². The van der Waals surface area contributed by atoms with Gasteiger partial charge in [0, 0.05) is 5.56 Å². The van der Waals surface area contributed by atoms with Gasteiger partial charge < -0.3 is 14.8 Å². The molecule has 2 heterocycles. The van der Waals surface area contributed by atoms with Crippen molar-refractivity contribution in [2.75, 3.05) is 14.2 Å². The van der Waals surface area contributed by atoms with Gasteiger partial charge in [-0.2, -0.15) is 5.10 Å². The number of methoxy groups -OCH3 is 2. The zero-order valence-electron chi connectivity index (χ0n) is 18.0. The van der Waals surface area contributed by atoms with Crippen LogP contribution in [-0.4, -0.2) is 39.5 Å². The molecule has 1 atom stereocenters. The van der Waals surface area contributed by atoms with Crippen molar-refractivity contribution in [1.29, 1.82) is 0 Å². The predicted octanol–water partition coefficient (Wildman–Crippen LogP) is 2.48. The molecular weight excluding hydrogens is 410 g/mol. The van der Waals surface area contributed by atoms with Gasteiger partial charge in [-0.15, -0.1) is 0 Å². The van der Waals surface area contributed by atoms with Crippen molar-refractivity contribution in [2.24, 2.45) is 0 Å². The van der Waals surface area contributed by atoms with E-state index in [0.29, 0.717) is 22.5 Å². The second-order valence-corrected chi connectivity index (χ2v) is 7.20. The fourth-order valence-electron chi connectivity index (χ4n) is 3.52. The number of amides is 1. The smallest absolute Gasteiger partial charge is 0.264 e. The average molecular weight is 433 g/mol. The summed E-state index contributed by atoms with van der Waals surface area (Å²) in [4.78, 5) is 29.9. The van der Waals surface area contributed by atoms with E-state index >= 15 is 0 Å². The lowest BCUT2D eigenvalue weighted by molar-refractivity contribution is -0.122. The molecule has 1 amide bonds. The Hall–Kier alpha value is -4.14. The minimum Gasteiger partial charge on any atom is -0.497 e. The van der Waals surface area contributed by atoms with E-state index in [1.165, 1.54) is 17.1 Å². The Morgan fingerprint density at radius 3 is 2.62 bits per heavy atom. The molecular formula is C23H23N5O4. The van der Waals surface area contributed by atoms with Gasteiger partial charge in [-0.05, 0) is 37.3 Å². The molecule has 2 aromatic heterocycles. The number of nitrogens with zero attached hydrogens (tertiary/aromatic N) is 4. The lowest BCUT2D eigenvalue weighted by Gasteiger charge is -2.18. The molecule has 32 heavy (non-hydrogen) atoms. The highest BCUT2D eigenvalue weighted by Gasteiger charge is 2.17. The number of aromatic nitrogens is 4. The Bertz CT molecular complexity index is 1310. The number of hydrogen-bond donors (Lipinski definition) is 1. The first-order valence-corrected chi connectivity index (χ1v) is 10.0. The SMILES string of the molecule is COc1ccc(OC)c([C@H](C)NC(=O)Cn2cnc3c(cnn3-c3ccccc3)c2=O)c1. The maximum atomic E-state index is 12.9. The summed E-state index contributed by atoms with van der Waals surface area (Å²) in [5.41, 5.74) is 1.67. The van der Waals surface area contributed by atoms with Gasteiger partial charge in [0.15, 0.2) is 5.65 Å². The Morgan fingerprint density at radius 2 is 1.91 bits per heavy atom. The van der Waals surface area contributed by atoms with Crippen LogP contribution in [0, 0.1) is 0 Å². The topological polar surface area (TPSA) is 100 Å². The minimum atomic E-state index is -0.360. The molecule has 0 bridgehead atoms. The molecule has 4 rings (SSSR count). The molecule has 0 aliphatic heterocycles. The maximum absolute atomic E-state index is 12.9. The highest BCUT2D eigenvalue weighted by Crippen LogP contribution is 2.29. The molecule has 0 saturated carbocycles. The summed E-state index contributed by atoms with van der Waals surface area (Å²) in [7, 11) is 3.14. The van der Waals surface area contributed by atoms with E-state index in [1.807, 2.05) is 43.3 Å². The van der Waals surface area contributed by atoms with E-state index in [1.54, 1.807) is 31.0 Å². The summed E-state index contributed by atoms with van der Waals surface area (Å²) in [6.07, 6.45) is 2.83. The fourth-order valence-corrected chi connectivity index (χ4v) is 3.52. The second kappa shape index (κ2) is 8.93. The lowest BCUT2D eigenvalue weighted by atomic mass is 10.1. The van der Waals surface area contributed by atoms with Crippen LogP contribution < -0.4 is 20.3 Å². The number of carbonyl (C=O) groups is 1. The number of ether oxygens (including phenoxy) is 2. The van der Waals surface area contributed by atoms with E-state index < -0.39 is 0 Å². The zero-order valence-corrected chi connectivity index (χ0v) is 18.0. The number of carbonyl (C=O) groups excluding carboxylic acids is 1. The van der Waals surface area contributed by atoms with Gasteiger partial charge in [-0.3, -0.25) is 14.2 Å². The van der Waals surface area contributed by atoms with Crippen molar-refractivity contribution >= 4 is 16.9 Å². The zero-order chi connectivity index (χ0) is 22.7. The van der Waals surface area contributed by atoms with Gasteiger partial charge in [0.25, 0.3) is 5.56 Å². The van der Waals surface area contributed by atoms with Crippen molar-refractivity contribution in [3.63, 3.8) is 0 Å². The fraction of sp³-hybridized carbons (Fsp3) is 0.217. The second-order valence-electron chi connectivity index (χ2n) is 7.20. The van der Waals surface area contributed by atoms with Crippen LogP contribution in [0.2, 0.25) is 0 Å². The number of para-hydroxylation sites is 1. The van der Waals surface area contributed by atoms with Crippen molar-refractivity contribution in [3.05, 3.63) is 77.0 Å². The van der Waals surface area contributed by atoms with Gasteiger partial charge in [0.1, 0.15) is 29.8 Å². The summed E-state index contributed by atoms with van der Waals surface area (Å²) in [5, 5.41) is 7.52. The molecule has 0 unspecified atom stereocenters. The summed E-state index contributed by atoms with van der Waals surface area (Å²) in [6, 6.07) is 14.4. The number of fused-ring (bicyclic) bond motifs is 1. The lowest BCUT2D eigenvalue weighted by Crippen LogP contribution is -2.34. The van der Waals surface area contributed by atoms with Crippen molar-refractivity contribution in [3.8, 4) is 17.2 Å². The molecule has 2 aromatic carbocycles. The highest BCUT2D eigenvalue weighted by atomic mass is 16.5. The third-order valence-corrected chi connectivity index (χ3v) is 5.15. The Morgan fingerprint density at radius 1 is 1.12 bits per heavy atom. The first-order chi connectivity index (χ1) is 15.5. The molecule has 0 aliphatic rings. The summed E-state index contributed by atoms with van der Waals surface area (Å²) in [5.74, 6) is 0.955. The average Bonchev–Trinajstić information content (AvgIpc) is 3.26. The highest BCUT2D eigenvalue weighted by molar-refractivity contribution is 5.78. The molecule has 1 N–H and O–H groups in total. The molecule has 0 saturated heterocycles. The molecule has 9 heteroatoms. The van der Waals surface area contributed by atoms with Crippen molar-refractivity contribution in [2.45, 2.75) is 19.5 Å². The standard InChI is InChI=1S/C23H23N5O4/c1-15(18-11-17(31-2)9-10-20(18)32-3)26-21(29)13-27-14-24-22-19(23(27)30)12-25-28(22)16-7-5-4-6-8-16/h4-12,14-15H,13H2,1-3H3,(H,26,29)/t15-/m0/s1. The number of nitrogens with one attached hydrogen (secondary N) is 1. The van der Waals surface area contributed by atoms with Crippen LogP contribution in [0.3, 0.4) is 0 Å². The molecule has 0 aliphatic carbocycles. The van der Waals surface area contributed by atoms with Crippen molar-refractivity contribution in [1.82, 2.24) is 24.6 Å². The first kappa shape index (κ1) is 21.1. The Labute approximate surface area is 184 Å². The molecule has 9 nitrogen and oxygen atoms in total. The van der Waals surface area contributed by atoms with Crippen LogP contribution in [0.25, 0.3) is 16.7 Å². The van der Waals surface area contributed by atoms with Gasteiger partial charge in [-0.25, -0.2) is 9.67 Å². The quantitative estimate of drug-likeness (QED) is 0.481. The number of rotatable bonds is 7. The molecule has 0 spiro atoms. The number of hydrogen-bond acceptors (Lipinski definition) is 6. The Kier molecular flexibility index (Phi) is 5.89. The molecule has 164 valence electrons. The van der Waals surface area contributed by atoms with Crippen LogP contribution in [0.1, 0.15) is 18.5 Å². The summed E-state index contributed by atoms with van der Waals surface area (Å²) >= 11 is 0.